The van der Waals surface area contributed by atoms with Crippen molar-refractivity contribution in [2.45, 2.75) is 40.2 Å². The average Bonchev–Trinajstić information content (AvgIpc) is 2.81. The first-order valence-electron chi connectivity index (χ1n) is 8.63. The Morgan fingerprint density at radius 1 is 1.00 bits per heavy atom. The lowest BCUT2D eigenvalue weighted by Gasteiger charge is -2.22. The van der Waals surface area contributed by atoms with Crippen molar-refractivity contribution in [2.24, 2.45) is 5.41 Å². The highest BCUT2D eigenvalue weighted by molar-refractivity contribution is 6.22. The van der Waals surface area contributed by atoms with Crippen LogP contribution in [0.1, 0.15) is 54.8 Å². The zero-order chi connectivity index (χ0) is 19.5. The maximum Gasteiger partial charge on any atom is 0.262 e. The molecular weight excluding hydrogens is 334 g/mol. The number of nitrogens with zero attached hydrogens (tertiary/aromatic N) is 1. The molecule has 1 aliphatic heterocycles. The molecule has 2 N–H and O–H groups in total. The van der Waals surface area contributed by atoms with Crippen LogP contribution < -0.4 is 10.6 Å². The summed E-state index contributed by atoms with van der Waals surface area (Å²) in [7, 11) is 0. The zero-order valence-corrected chi connectivity index (χ0v) is 15.6. The van der Waals surface area contributed by atoms with E-state index in [0.717, 1.165) is 4.90 Å². The van der Waals surface area contributed by atoms with E-state index in [1.165, 1.54) is 6.92 Å². The Labute approximate surface area is 153 Å². The van der Waals surface area contributed by atoms with E-state index in [1.54, 1.807) is 24.3 Å². The number of fused-ring (bicyclic) bond motifs is 1. The van der Waals surface area contributed by atoms with Gasteiger partial charge in [0.05, 0.1) is 11.1 Å². The zero-order valence-electron chi connectivity index (χ0n) is 15.6. The molecule has 0 radical (unpaired) electrons. The van der Waals surface area contributed by atoms with Gasteiger partial charge in [-0.15, -0.1) is 0 Å². The summed E-state index contributed by atoms with van der Waals surface area (Å²) >= 11 is 0. The molecule has 1 atom stereocenters. The van der Waals surface area contributed by atoms with Gasteiger partial charge in [0.15, 0.2) is 0 Å². The Kier molecular flexibility index (Phi) is 5.79. The molecule has 7 heteroatoms. The number of nitrogens with one attached hydrogen (secondary N) is 2. The number of amides is 4. The minimum atomic E-state index is -0.923. The number of benzene rings is 1. The van der Waals surface area contributed by atoms with Crippen molar-refractivity contribution >= 4 is 23.6 Å². The molecule has 0 saturated carbocycles. The molecule has 140 valence electrons. The van der Waals surface area contributed by atoms with E-state index < -0.39 is 23.8 Å². The number of rotatable bonds is 6. The third kappa shape index (κ3) is 4.47. The predicted molar refractivity (Wildman–Crippen MR) is 96.5 cm³/mol. The van der Waals surface area contributed by atoms with Crippen molar-refractivity contribution in [1.29, 1.82) is 0 Å². The summed E-state index contributed by atoms with van der Waals surface area (Å²) in [6.07, 6.45) is 0.395. The normalized spacial score (nSPS) is 14.8. The van der Waals surface area contributed by atoms with Gasteiger partial charge in [-0.3, -0.25) is 24.1 Å². The van der Waals surface area contributed by atoms with Crippen LogP contribution in [0.25, 0.3) is 0 Å². The molecule has 1 aliphatic rings. The van der Waals surface area contributed by atoms with Crippen molar-refractivity contribution in [3.05, 3.63) is 35.4 Å². The van der Waals surface area contributed by atoms with Crippen LogP contribution in [0.2, 0.25) is 0 Å². The Morgan fingerprint density at radius 3 is 2.00 bits per heavy atom. The molecule has 0 bridgehead atoms. The number of hydrogen-bond donors (Lipinski definition) is 2. The molecular formula is C19H25N3O4. The molecule has 0 aromatic heterocycles. The van der Waals surface area contributed by atoms with Crippen LogP contribution in [0.3, 0.4) is 0 Å². The van der Waals surface area contributed by atoms with Crippen LogP contribution in [0.15, 0.2) is 24.3 Å². The first kappa shape index (κ1) is 19.6. The average molecular weight is 359 g/mol. The van der Waals surface area contributed by atoms with Gasteiger partial charge in [-0.2, -0.15) is 0 Å². The Bertz CT molecular complexity index is 702. The minimum absolute atomic E-state index is 0.0832. The van der Waals surface area contributed by atoms with Crippen molar-refractivity contribution < 1.29 is 19.2 Å². The van der Waals surface area contributed by atoms with E-state index in [9.17, 15) is 19.2 Å². The molecule has 2 rings (SSSR count). The highest BCUT2D eigenvalue weighted by Crippen LogP contribution is 2.24. The fourth-order valence-corrected chi connectivity index (χ4v) is 2.76. The van der Waals surface area contributed by atoms with Crippen LogP contribution in [-0.4, -0.2) is 47.7 Å². The monoisotopic (exact) mass is 359 g/mol. The molecule has 26 heavy (non-hydrogen) atoms. The lowest BCUT2D eigenvalue weighted by atomic mass is 9.92. The fraction of sp³-hybridized carbons (Fsp3) is 0.474. The maximum absolute atomic E-state index is 12.4. The summed E-state index contributed by atoms with van der Waals surface area (Å²) in [6, 6.07) is 5.58. The fourth-order valence-electron chi connectivity index (χ4n) is 2.76. The van der Waals surface area contributed by atoms with Gasteiger partial charge in [-0.25, -0.2) is 0 Å². The molecule has 4 amide bonds. The summed E-state index contributed by atoms with van der Waals surface area (Å²) in [5, 5.41) is 5.38. The van der Waals surface area contributed by atoms with Gasteiger partial charge >= 0.3 is 0 Å². The number of imide groups is 1. The second kappa shape index (κ2) is 7.68. The first-order valence-corrected chi connectivity index (χ1v) is 8.63. The first-order chi connectivity index (χ1) is 12.1. The molecule has 7 nitrogen and oxygen atoms in total. The van der Waals surface area contributed by atoms with Gasteiger partial charge in [0.25, 0.3) is 11.8 Å². The molecule has 0 fully saturated rings. The molecule has 1 unspecified atom stereocenters. The summed E-state index contributed by atoms with van der Waals surface area (Å²) in [5.41, 5.74) is 0.519. The number of hydrogen-bond acceptors (Lipinski definition) is 4. The van der Waals surface area contributed by atoms with Crippen molar-refractivity contribution in [1.82, 2.24) is 15.5 Å². The molecule has 0 spiro atoms. The summed E-state index contributed by atoms with van der Waals surface area (Å²) < 4.78 is 0. The van der Waals surface area contributed by atoms with Crippen molar-refractivity contribution in [3.8, 4) is 0 Å². The highest BCUT2D eigenvalue weighted by Gasteiger charge is 2.40. The molecule has 0 saturated heterocycles. The standard InChI is InChI=1S/C19H25N3O4/c1-12(16(24)21-10-9-20-15(23)11-19(2,3)4)22-17(25)13-7-5-6-8-14(13)18(22)26/h5-8,12H,9-11H2,1-4H3,(H,20,23)(H,21,24). The van der Waals surface area contributed by atoms with Crippen LogP contribution in [0, 0.1) is 5.41 Å². The Balaban J connectivity index is 1.84. The van der Waals surface area contributed by atoms with E-state index >= 15 is 0 Å². The summed E-state index contributed by atoms with van der Waals surface area (Å²) in [4.78, 5) is 49.7. The summed E-state index contributed by atoms with van der Waals surface area (Å²) in [6.45, 7) is 7.93. The van der Waals surface area contributed by atoms with Gasteiger partial charge in [0.1, 0.15) is 6.04 Å². The van der Waals surface area contributed by atoms with Crippen LogP contribution >= 0.6 is 0 Å². The van der Waals surface area contributed by atoms with Crippen molar-refractivity contribution in [3.63, 3.8) is 0 Å². The molecule has 0 aliphatic carbocycles. The lowest BCUT2D eigenvalue weighted by molar-refractivity contribution is -0.125. The largest absolute Gasteiger partial charge is 0.354 e. The van der Waals surface area contributed by atoms with Gasteiger partial charge in [0.2, 0.25) is 11.8 Å². The number of carbonyl (C=O) groups excluding carboxylic acids is 4. The molecule has 1 heterocycles. The van der Waals surface area contributed by atoms with Crippen LogP contribution in [-0.2, 0) is 9.59 Å². The maximum atomic E-state index is 12.4. The van der Waals surface area contributed by atoms with E-state index in [0.29, 0.717) is 17.5 Å². The third-order valence-electron chi connectivity index (χ3n) is 4.03. The van der Waals surface area contributed by atoms with Crippen LogP contribution in [0.5, 0.6) is 0 Å². The predicted octanol–water partition coefficient (Wildman–Crippen LogP) is 1.34. The van der Waals surface area contributed by atoms with Gasteiger partial charge in [-0.1, -0.05) is 32.9 Å². The second-order valence-corrected chi connectivity index (χ2v) is 7.58. The Hall–Kier alpha value is -2.70. The van der Waals surface area contributed by atoms with Gasteiger partial charge < -0.3 is 10.6 Å². The van der Waals surface area contributed by atoms with Gasteiger partial charge in [-0.05, 0) is 24.5 Å². The van der Waals surface area contributed by atoms with E-state index in [4.69, 9.17) is 0 Å². The van der Waals surface area contributed by atoms with E-state index in [1.807, 2.05) is 20.8 Å². The minimum Gasteiger partial charge on any atom is -0.354 e. The van der Waals surface area contributed by atoms with Crippen molar-refractivity contribution in [2.75, 3.05) is 13.1 Å². The smallest absolute Gasteiger partial charge is 0.262 e. The molecule has 1 aromatic rings. The topological polar surface area (TPSA) is 95.6 Å². The van der Waals surface area contributed by atoms with E-state index in [-0.39, 0.29) is 24.4 Å². The second-order valence-electron chi connectivity index (χ2n) is 7.58. The lowest BCUT2D eigenvalue weighted by Crippen LogP contribution is -2.49. The van der Waals surface area contributed by atoms with Gasteiger partial charge in [0, 0.05) is 19.5 Å². The number of carbonyl (C=O) groups is 4. The van der Waals surface area contributed by atoms with Crippen LogP contribution in [0.4, 0.5) is 0 Å². The highest BCUT2D eigenvalue weighted by atomic mass is 16.2. The third-order valence-corrected chi connectivity index (χ3v) is 4.03. The van der Waals surface area contributed by atoms with E-state index in [2.05, 4.69) is 10.6 Å². The molecule has 1 aromatic carbocycles. The quantitative estimate of drug-likeness (QED) is 0.592. The SMILES string of the molecule is CC(C(=O)NCCNC(=O)CC(C)(C)C)N1C(=O)c2ccccc2C1=O. The Morgan fingerprint density at radius 2 is 1.50 bits per heavy atom. The summed E-state index contributed by atoms with van der Waals surface area (Å²) in [5.74, 6) is -1.46.